The molecule has 2 N–H and O–H groups in total. The second kappa shape index (κ2) is 4.72. The molecule has 0 aliphatic heterocycles. The van der Waals surface area contributed by atoms with Gasteiger partial charge in [0.25, 0.3) is 0 Å². The van der Waals surface area contributed by atoms with Gasteiger partial charge in [-0.2, -0.15) is 0 Å². The zero-order valence-corrected chi connectivity index (χ0v) is 9.30. The fraction of sp³-hybridized carbons (Fsp3) is 0.400. The molecule has 1 rings (SSSR count). The maximum Gasteiger partial charge on any atom is 0.147 e. The maximum absolute atomic E-state index is 12.6. The molecular formula is C10H14FNO2S. The van der Waals surface area contributed by atoms with Crippen molar-refractivity contribution in [3.63, 3.8) is 0 Å². The quantitative estimate of drug-likeness (QED) is 0.848. The van der Waals surface area contributed by atoms with Gasteiger partial charge in [-0.25, -0.2) is 12.8 Å². The lowest BCUT2D eigenvalue weighted by molar-refractivity contribution is 0.590. The summed E-state index contributed by atoms with van der Waals surface area (Å²) in [7, 11) is -2.99. The van der Waals surface area contributed by atoms with E-state index in [2.05, 4.69) is 0 Å². The summed E-state index contributed by atoms with van der Waals surface area (Å²) >= 11 is 0. The van der Waals surface area contributed by atoms with Gasteiger partial charge in [-0.3, -0.25) is 0 Å². The Morgan fingerprint density at radius 3 is 2.33 bits per heavy atom. The number of rotatable bonds is 4. The summed E-state index contributed by atoms with van der Waals surface area (Å²) in [4.78, 5) is 0. The molecule has 1 atom stereocenters. The summed E-state index contributed by atoms with van der Waals surface area (Å²) in [6, 6.07) is 5.41. The van der Waals surface area contributed by atoms with Gasteiger partial charge < -0.3 is 5.73 Å². The number of nitrogens with two attached hydrogens (primary N) is 1. The van der Waals surface area contributed by atoms with Gasteiger partial charge in [0.15, 0.2) is 0 Å². The molecule has 0 fully saturated rings. The minimum atomic E-state index is -2.99. The highest BCUT2D eigenvalue weighted by molar-refractivity contribution is 7.90. The molecular weight excluding hydrogens is 217 g/mol. The van der Waals surface area contributed by atoms with Gasteiger partial charge in [0.05, 0.1) is 5.75 Å². The standard InChI is InChI=1S/C10H14FNO2S/c1-15(13,14)7-6-10(12)8-2-4-9(11)5-3-8/h2-5,10H,6-7,12H2,1H3. The van der Waals surface area contributed by atoms with Crippen LogP contribution in [0.5, 0.6) is 0 Å². The van der Waals surface area contributed by atoms with Crippen molar-refractivity contribution in [2.75, 3.05) is 12.0 Å². The summed E-state index contributed by atoms with van der Waals surface area (Å²) in [5.74, 6) is -0.278. The van der Waals surface area contributed by atoms with Crippen molar-refractivity contribution in [3.05, 3.63) is 35.6 Å². The molecule has 0 aromatic heterocycles. The molecule has 0 bridgehead atoms. The lowest BCUT2D eigenvalue weighted by Gasteiger charge is -2.10. The third-order valence-electron chi connectivity index (χ3n) is 2.10. The average molecular weight is 231 g/mol. The van der Waals surface area contributed by atoms with E-state index >= 15 is 0 Å². The normalized spacial score (nSPS) is 13.8. The van der Waals surface area contributed by atoms with Crippen molar-refractivity contribution in [1.29, 1.82) is 0 Å². The van der Waals surface area contributed by atoms with Crippen LogP contribution in [0.1, 0.15) is 18.0 Å². The van der Waals surface area contributed by atoms with E-state index in [1.165, 1.54) is 18.4 Å². The van der Waals surface area contributed by atoms with Crippen LogP contribution in [0.15, 0.2) is 24.3 Å². The number of hydrogen-bond donors (Lipinski definition) is 1. The molecule has 1 unspecified atom stereocenters. The highest BCUT2D eigenvalue weighted by Gasteiger charge is 2.09. The summed E-state index contributed by atoms with van der Waals surface area (Å²) in [5.41, 5.74) is 6.52. The van der Waals surface area contributed by atoms with Crippen molar-refractivity contribution < 1.29 is 12.8 Å². The number of halogens is 1. The predicted octanol–water partition coefficient (Wildman–Crippen LogP) is 1.26. The second-order valence-corrected chi connectivity index (χ2v) is 5.84. The lowest BCUT2D eigenvalue weighted by Crippen LogP contribution is -2.15. The fourth-order valence-corrected chi connectivity index (χ4v) is 1.90. The maximum atomic E-state index is 12.6. The van der Waals surface area contributed by atoms with Crippen molar-refractivity contribution >= 4 is 9.84 Å². The van der Waals surface area contributed by atoms with Crippen LogP contribution >= 0.6 is 0 Å². The number of hydrogen-bond acceptors (Lipinski definition) is 3. The molecule has 15 heavy (non-hydrogen) atoms. The number of sulfone groups is 1. The van der Waals surface area contributed by atoms with Crippen molar-refractivity contribution in [3.8, 4) is 0 Å². The summed E-state index contributed by atoms with van der Waals surface area (Å²) in [5, 5.41) is 0. The minimum absolute atomic E-state index is 0.0472. The Kier molecular flexibility index (Phi) is 3.82. The van der Waals surface area contributed by atoms with E-state index in [1.807, 2.05) is 0 Å². The first-order valence-electron chi connectivity index (χ1n) is 4.57. The van der Waals surface area contributed by atoms with E-state index in [0.29, 0.717) is 6.42 Å². The Hall–Kier alpha value is -0.940. The minimum Gasteiger partial charge on any atom is -0.324 e. The van der Waals surface area contributed by atoms with Crippen LogP contribution in [0.3, 0.4) is 0 Å². The smallest absolute Gasteiger partial charge is 0.147 e. The van der Waals surface area contributed by atoms with E-state index in [1.54, 1.807) is 12.1 Å². The van der Waals surface area contributed by atoms with Gasteiger partial charge in [0.2, 0.25) is 0 Å². The van der Waals surface area contributed by atoms with Gasteiger partial charge in [-0.1, -0.05) is 12.1 Å². The van der Waals surface area contributed by atoms with Crippen LogP contribution in [-0.2, 0) is 9.84 Å². The monoisotopic (exact) mass is 231 g/mol. The molecule has 0 heterocycles. The lowest BCUT2D eigenvalue weighted by atomic mass is 10.1. The highest BCUT2D eigenvalue weighted by atomic mass is 32.2. The third-order valence-corrected chi connectivity index (χ3v) is 3.08. The molecule has 5 heteroatoms. The van der Waals surface area contributed by atoms with E-state index < -0.39 is 9.84 Å². The third kappa shape index (κ3) is 4.40. The topological polar surface area (TPSA) is 60.2 Å². The Labute approximate surface area is 89.0 Å². The van der Waals surface area contributed by atoms with Crippen LogP contribution in [0.4, 0.5) is 4.39 Å². The first-order chi connectivity index (χ1) is 6.88. The molecule has 0 aliphatic rings. The van der Waals surface area contributed by atoms with Crippen LogP contribution in [0, 0.1) is 5.82 Å². The molecule has 3 nitrogen and oxygen atoms in total. The highest BCUT2D eigenvalue weighted by Crippen LogP contribution is 2.14. The summed E-state index contributed by atoms with van der Waals surface area (Å²) < 4.78 is 34.4. The first-order valence-corrected chi connectivity index (χ1v) is 6.63. The Balaban J connectivity index is 2.61. The van der Waals surface area contributed by atoms with E-state index in [-0.39, 0.29) is 17.6 Å². The van der Waals surface area contributed by atoms with Crippen LogP contribution < -0.4 is 5.73 Å². The molecule has 0 amide bonds. The SMILES string of the molecule is CS(=O)(=O)CCC(N)c1ccc(F)cc1. The average Bonchev–Trinajstić information content (AvgIpc) is 2.14. The van der Waals surface area contributed by atoms with Crippen molar-refractivity contribution in [2.45, 2.75) is 12.5 Å². The molecule has 0 saturated heterocycles. The molecule has 84 valence electrons. The molecule has 0 aliphatic carbocycles. The zero-order chi connectivity index (χ0) is 11.5. The van der Waals surface area contributed by atoms with Gasteiger partial charge in [0.1, 0.15) is 15.7 Å². The predicted molar refractivity (Wildman–Crippen MR) is 57.7 cm³/mol. The van der Waals surface area contributed by atoms with Crippen LogP contribution in [0.2, 0.25) is 0 Å². The molecule has 1 aromatic rings. The molecule has 0 spiro atoms. The van der Waals surface area contributed by atoms with Crippen LogP contribution in [0.25, 0.3) is 0 Å². The molecule has 0 radical (unpaired) electrons. The van der Waals surface area contributed by atoms with Crippen molar-refractivity contribution in [1.82, 2.24) is 0 Å². The number of benzene rings is 1. The Morgan fingerprint density at radius 1 is 1.33 bits per heavy atom. The largest absolute Gasteiger partial charge is 0.324 e. The van der Waals surface area contributed by atoms with Gasteiger partial charge in [-0.15, -0.1) is 0 Å². The van der Waals surface area contributed by atoms with Gasteiger partial charge in [0, 0.05) is 12.3 Å². The molecule has 0 saturated carbocycles. The Bertz CT molecular complexity index is 414. The van der Waals surface area contributed by atoms with Gasteiger partial charge in [-0.05, 0) is 24.1 Å². The van der Waals surface area contributed by atoms with E-state index in [9.17, 15) is 12.8 Å². The summed E-state index contributed by atoms with van der Waals surface area (Å²) in [6.07, 6.45) is 1.52. The first kappa shape index (κ1) is 12.1. The fourth-order valence-electron chi connectivity index (χ4n) is 1.22. The molecule has 1 aromatic carbocycles. The second-order valence-electron chi connectivity index (χ2n) is 3.58. The Morgan fingerprint density at radius 2 is 1.87 bits per heavy atom. The van der Waals surface area contributed by atoms with E-state index in [0.717, 1.165) is 5.56 Å². The van der Waals surface area contributed by atoms with E-state index in [4.69, 9.17) is 5.73 Å². The van der Waals surface area contributed by atoms with Crippen LogP contribution in [-0.4, -0.2) is 20.4 Å². The van der Waals surface area contributed by atoms with Crippen molar-refractivity contribution in [2.24, 2.45) is 5.73 Å². The summed E-state index contributed by atoms with van der Waals surface area (Å²) in [6.45, 7) is 0. The zero-order valence-electron chi connectivity index (χ0n) is 8.48. The van der Waals surface area contributed by atoms with Gasteiger partial charge >= 0.3 is 0 Å².